The summed E-state index contributed by atoms with van der Waals surface area (Å²) < 4.78 is 0. The Morgan fingerprint density at radius 3 is 2.60 bits per heavy atom. The second-order valence-corrected chi connectivity index (χ2v) is 5.65. The van der Waals surface area contributed by atoms with E-state index in [0.29, 0.717) is 12.6 Å². The first kappa shape index (κ1) is 13.0. The first-order valence-electron chi connectivity index (χ1n) is 6.37. The van der Waals surface area contributed by atoms with Gasteiger partial charge in [0.2, 0.25) is 0 Å². The van der Waals surface area contributed by atoms with Gasteiger partial charge in [0.05, 0.1) is 0 Å². The maximum Gasteiger partial charge on any atom is 0.0496 e. The number of piperidine rings is 1. The predicted molar refractivity (Wildman–Crippen MR) is 64.9 cm³/mol. The zero-order chi connectivity index (χ0) is 11.5. The Bertz CT molecular complexity index is 189. The highest BCUT2D eigenvalue weighted by Gasteiger charge is 2.30. The second kappa shape index (κ2) is 5.31. The van der Waals surface area contributed by atoms with Gasteiger partial charge >= 0.3 is 0 Å². The lowest BCUT2D eigenvalue weighted by Crippen LogP contribution is -2.48. The summed E-state index contributed by atoms with van der Waals surface area (Å²) in [6.45, 7) is 11.6. The molecule has 1 fully saturated rings. The fourth-order valence-corrected chi connectivity index (χ4v) is 2.41. The van der Waals surface area contributed by atoms with E-state index in [1.54, 1.807) is 0 Å². The zero-order valence-corrected chi connectivity index (χ0v) is 10.8. The molecule has 0 radical (unpaired) electrons. The van der Waals surface area contributed by atoms with Gasteiger partial charge in [0, 0.05) is 24.6 Å². The summed E-state index contributed by atoms with van der Waals surface area (Å²) in [6.07, 6.45) is 3.73. The SMILES string of the molecule is CCC(C)(CO)CN1CCCC(C)C1C. The maximum atomic E-state index is 9.44. The van der Waals surface area contributed by atoms with Crippen molar-refractivity contribution in [1.82, 2.24) is 4.90 Å². The van der Waals surface area contributed by atoms with Crippen LogP contribution in [0, 0.1) is 11.3 Å². The first-order valence-corrected chi connectivity index (χ1v) is 6.37. The van der Waals surface area contributed by atoms with Gasteiger partial charge in [-0.2, -0.15) is 0 Å². The van der Waals surface area contributed by atoms with E-state index in [1.165, 1.54) is 19.4 Å². The van der Waals surface area contributed by atoms with Crippen molar-refractivity contribution in [3.05, 3.63) is 0 Å². The molecule has 1 heterocycles. The van der Waals surface area contributed by atoms with Crippen LogP contribution in [0.1, 0.15) is 47.0 Å². The lowest BCUT2D eigenvalue weighted by molar-refractivity contribution is 0.0340. The van der Waals surface area contributed by atoms with Crippen molar-refractivity contribution < 1.29 is 5.11 Å². The highest BCUT2D eigenvalue weighted by atomic mass is 16.3. The molecule has 0 aliphatic carbocycles. The number of hydrogen-bond donors (Lipinski definition) is 1. The van der Waals surface area contributed by atoms with Crippen molar-refractivity contribution in [3.63, 3.8) is 0 Å². The molecule has 1 aliphatic heterocycles. The minimum Gasteiger partial charge on any atom is -0.396 e. The van der Waals surface area contributed by atoms with Crippen molar-refractivity contribution in [3.8, 4) is 0 Å². The quantitative estimate of drug-likeness (QED) is 0.775. The first-order chi connectivity index (χ1) is 7.02. The molecule has 2 heteroatoms. The van der Waals surface area contributed by atoms with Crippen LogP contribution in [0.5, 0.6) is 0 Å². The third-order valence-electron chi connectivity index (χ3n) is 4.32. The van der Waals surface area contributed by atoms with Crippen LogP contribution < -0.4 is 0 Å². The summed E-state index contributed by atoms with van der Waals surface area (Å²) >= 11 is 0. The van der Waals surface area contributed by atoms with Gasteiger partial charge < -0.3 is 5.11 Å². The molecule has 0 aromatic rings. The van der Waals surface area contributed by atoms with Crippen LogP contribution in [0.4, 0.5) is 0 Å². The van der Waals surface area contributed by atoms with Crippen molar-refractivity contribution in [2.45, 2.75) is 53.0 Å². The van der Waals surface area contributed by atoms with Crippen LogP contribution in [0.2, 0.25) is 0 Å². The normalized spacial score (nSPS) is 32.6. The average molecular weight is 213 g/mol. The Kier molecular flexibility index (Phi) is 4.60. The number of aliphatic hydroxyl groups is 1. The Labute approximate surface area is 94.7 Å². The molecule has 3 atom stereocenters. The summed E-state index contributed by atoms with van der Waals surface area (Å²) in [5.74, 6) is 0.804. The molecule has 0 bridgehead atoms. The van der Waals surface area contributed by atoms with Crippen molar-refractivity contribution in [2.75, 3.05) is 19.7 Å². The zero-order valence-electron chi connectivity index (χ0n) is 10.8. The van der Waals surface area contributed by atoms with Gasteiger partial charge in [-0.1, -0.05) is 20.8 Å². The van der Waals surface area contributed by atoms with E-state index in [1.807, 2.05) is 0 Å². The van der Waals surface area contributed by atoms with E-state index in [2.05, 4.69) is 32.6 Å². The second-order valence-electron chi connectivity index (χ2n) is 5.65. The highest BCUT2D eigenvalue weighted by Crippen LogP contribution is 2.28. The van der Waals surface area contributed by atoms with Crippen molar-refractivity contribution in [1.29, 1.82) is 0 Å². The maximum absolute atomic E-state index is 9.44. The summed E-state index contributed by atoms with van der Waals surface area (Å²) in [5.41, 5.74) is 0.0886. The molecule has 0 spiro atoms. The summed E-state index contributed by atoms with van der Waals surface area (Å²) in [5, 5.41) is 9.44. The van der Waals surface area contributed by atoms with E-state index in [4.69, 9.17) is 0 Å². The predicted octanol–water partition coefficient (Wildman–Crippen LogP) is 2.52. The molecule has 0 saturated carbocycles. The van der Waals surface area contributed by atoms with Gasteiger partial charge in [0.25, 0.3) is 0 Å². The van der Waals surface area contributed by atoms with Crippen LogP contribution in [0.3, 0.4) is 0 Å². The van der Waals surface area contributed by atoms with Crippen molar-refractivity contribution >= 4 is 0 Å². The van der Waals surface area contributed by atoms with Gasteiger partial charge in [0.15, 0.2) is 0 Å². The Morgan fingerprint density at radius 2 is 2.07 bits per heavy atom. The summed E-state index contributed by atoms with van der Waals surface area (Å²) in [7, 11) is 0. The molecule has 15 heavy (non-hydrogen) atoms. The molecule has 0 aromatic heterocycles. The Balaban J connectivity index is 2.56. The summed E-state index contributed by atoms with van der Waals surface area (Å²) in [4.78, 5) is 2.56. The molecule has 3 unspecified atom stereocenters. The topological polar surface area (TPSA) is 23.5 Å². The Hall–Kier alpha value is -0.0800. The average Bonchev–Trinajstić information content (AvgIpc) is 2.25. The molecule has 0 amide bonds. The van der Waals surface area contributed by atoms with Crippen LogP contribution in [-0.2, 0) is 0 Å². The van der Waals surface area contributed by atoms with E-state index in [9.17, 15) is 5.11 Å². The lowest BCUT2D eigenvalue weighted by atomic mass is 9.84. The molecule has 1 saturated heterocycles. The van der Waals surface area contributed by atoms with Crippen LogP contribution in [0.25, 0.3) is 0 Å². The largest absolute Gasteiger partial charge is 0.396 e. The lowest BCUT2D eigenvalue weighted by Gasteiger charge is -2.42. The number of rotatable bonds is 4. The molecule has 2 nitrogen and oxygen atoms in total. The molecule has 90 valence electrons. The third kappa shape index (κ3) is 3.18. The standard InChI is InChI=1S/C13H27NO/c1-5-13(4,10-15)9-14-8-6-7-11(2)12(14)3/h11-12,15H,5-10H2,1-4H3. The minimum atomic E-state index is 0.0886. The molecule has 0 aromatic carbocycles. The van der Waals surface area contributed by atoms with Crippen molar-refractivity contribution in [2.24, 2.45) is 11.3 Å². The fraction of sp³-hybridized carbons (Fsp3) is 1.00. The molecular weight excluding hydrogens is 186 g/mol. The number of likely N-dealkylation sites (tertiary alicyclic amines) is 1. The van der Waals surface area contributed by atoms with Crippen LogP contribution >= 0.6 is 0 Å². The van der Waals surface area contributed by atoms with Crippen LogP contribution in [-0.4, -0.2) is 35.7 Å². The molecule has 1 rings (SSSR count). The monoisotopic (exact) mass is 213 g/mol. The fourth-order valence-electron chi connectivity index (χ4n) is 2.41. The minimum absolute atomic E-state index is 0.0886. The molecule has 1 aliphatic rings. The summed E-state index contributed by atoms with van der Waals surface area (Å²) in [6, 6.07) is 0.677. The number of nitrogens with zero attached hydrogens (tertiary/aromatic N) is 1. The number of aliphatic hydroxyl groups excluding tert-OH is 1. The van der Waals surface area contributed by atoms with Crippen LogP contribution in [0.15, 0.2) is 0 Å². The third-order valence-corrected chi connectivity index (χ3v) is 4.32. The van der Waals surface area contributed by atoms with Gasteiger partial charge in [-0.15, -0.1) is 0 Å². The number of hydrogen-bond acceptors (Lipinski definition) is 2. The molecular formula is C13H27NO. The van der Waals surface area contributed by atoms with Gasteiger partial charge in [0.1, 0.15) is 0 Å². The molecule has 1 N–H and O–H groups in total. The van der Waals surface area contributed by atoms with E-state index in [0.717, 1.165) is 18.9 Å². The smallest absolute Gasteiger partial charge is 0.0496 e. The Morgan fingerprint density at radius 1 is 1.40 bits per heavy atom. The highest BCUT2D eigenvalue weighted by molar-refractivity contribution is 4.84. The van der Waals surface area contributed by atoms with E-state index < -0.39 is 0 Å². The van der Waals surface area contributed by atoms with Gasteiger partial charge in [-0.3, -0.25) is 4.90 Å². The van der Waals surface area contributed by atoms with Gasteiger partial charge in [-0.05, 0) is 38.6 Å². The van der Waals surface area contributed by atoms with Gasteiger partial charge in [-0.25, -0.2) is 0 Å². The van der Waals surface area contributed by atoms with E-state index >= 15 is 0 Å². The van der Waals surface area contributed by atoms with E-state index in [-0.39, 0.29) is 5.41 Å².